The predicted molar refractivity (Wildman–Crippen MR) is 76.3 cm³/mol. The van der Waals surface area contributed by atoms with Crippen LogP contribution in [0.5, 0.6) is 0 Å². The molecule has 102 valence electrons. The fourth-order valence-electron chi connectivity index (χ4n) is 2.18. The first-order chi connectivity index (χ1) is 8.51. The average Bonchev–Trinajstić information content (AvgIpc) is 2.33. The van der Waals surface area contributed by atoms with Gasteiger partial charge in [0.1, 0.15) is 0 Å². The Bertz CT molecular complexity index is 390. The van der Waals surface area contributed by atoms with Crippen LogP contribution in [0.25, 0.3) is 0 Å². The molecule has 1 aromatic carbocycles. The quantitative estimate of drug-likeness (QED) is 0.423. The van der Waals surface area contributed by atoms with Crippen molar-refractivity contribution in [3.05, 3.63) is 34.4 Å². The van der Waals surface area contributed by atoms with Gasteiger partial charge in [0.15, 0.2) is 11.6 Å². The fourth-order valence-corrected chi connectivity index (χ4v) is 3.49. The molecular formula is C14H18BrClF2. The van der Waals surface area contributed by atoms with Crippen LogP contribution in [0.15, 0.2) is 12.1 Å². The molecule has 0 heterocycles. The summed E-state index contributed by atoms with van der Waals surface area (Å²) in [5, 5.41) is 0.285. The van der Waals surface area contributed by atoms with Gasteiger partial charge in [0, 0.05) is 9.85 Å². The van der Waals surface area contributed by atoms with Crippen molar-refractivity contribution in [3.63, 3.8) is 0 Å². The Morgan fingerprint density at radius 1 is 1.11 bits per heavy atom. The highest BCUT2D eigenvalue weighted by Crippen LogP contribution is 2.40. The molecule has 4 heteroatoms. The van der Waals surface area contributed by atoms with E-state index in [0.717, 1.165) is 31.7 Å². The zero-order valence-corrected chi connectivity index (χ0v) is 13.0. The molecule has 0 aliphatic heterocycles. The molecule has 1 rings (SSSR count). The number of benzene rings is 1. The molecule has 18 heavy (non-hydrogen) atoms. The van der Waals surface area contributed by atoms with Crippen LogP contribution in [-0.4, -0.2) is 0 Å². The molecule has 0 fully saturated rings. The third kappa shape index (κ3) is 3.92. The Labute approximate surface area is 121 Å². The van der Waals surface area contributed by atoms with Crippen LogP contribution in [0.4, 0.5) is 8.78 Å². The van der Waals surface area contributed by atoms with Gasteiger partial charge in [-0.2, -0.15) is 0 Å². The van der Waals surface area contributed by atoms with E-state index in [1.807, 2.05) is 0 Å². The second-order valence-electron chi connectivity index (χ2n) is 4.53. The summed E-state index contributed by atoms with van der Waals surface area (Å²) in [6.45, 7) is 4.24. The smallest absolute Gasteiger partial charge is 0.160 e. The Kier molecular flexibility index (Phi) is 6.58. The van der Waals surface area contributed by atoms with Gasteiger partial charge in [-0.15, -0.1) is 0 Å². The fraction of sp³-hybridized carbons (Fsp3) is 0.571. The monoisotopic (exact) mass is 338 g/mol. The molecule has 0 nitrogen and oxygen atoms in total. The lowest BCUT2D eigenvalue weighted by Crippen LogP contribution is -2.09. The summed E-state index contributed by atoms with van der Waals surface area (Å²) in [7, 11) is 0. The number of alkyl halides is 1. The van der Waals surface area contributed by atoms with Crippen LogP contribution in [-0.2, 0) is 0 Å². The van der Waals surface area contributed by atoms with Crippen molar-refractivity contribution < 1.29 is 8.78 Å². The molecule has 1 unspecified atom stereocenters. The minimum atomic E-state index is -0.897. The first-order valence-corrected chi connectivity index (χ1v) is 7.59. The van der Waals surface area contributed by atoms with Crippen LogP contribution in [0.3, 0.4) is 0 Å². The van der Waals surface area contributed by atoms with E-state index < -0.39 is 11.6 Å². The summed E-state index contributed by atoms with van der Waals surface area (Å²) in [6, 6.07) is 2.25. The summed E-state index contributed by atoms with van der Waals surface area (Å²) < 4.78 is 26.3. The maximum absolute atomic E-state index is 13.3. The molecule has 0 amide bonds. The summed E-state index contributed by atoms with van der Waals surface area (Å²) in [5.74, 6) is -1.35. The highest BCUT2D eigenvalue weighted by molar-refractivity contribution is 9.09. The largest absolute Gasteiger partial charge is 0.204 e. The minimum absolute atomic E-state index is 0.0278. The van der Waals surface area contributed by atoms with E-state index in [1.165, 1.54) is 6.07 Å². The van der Waals surface area contributed by atoms with Crippen molar-refractivity contribution in [3.8, 4) is 0 Å². The second kappa shape index (κ2) is 7.44. The molecule has 0 aromatic heterocycles. The molecule has 0 saturated carbocycles. The van der Waals surface area contributed by atoms with Gasteiger partial charge in [-0.1, -0.05) is 54.2 Å². The molecule has 0 spiro atoms. The van der Waals surface area contributed by atoms with Gasteiger partial charge in [0.25, 0.3) is 0 Å². The average molecular weight is 340 g/mol. The maximum atomic E-state index is 13.3. The van der Waals surface area contributed by atoms with Crippen molar-refractivity contribution in [2.75, 3.05) is 0 Å². The van der Waals surface area contributed by atoms with Crippen molar-refractivity contribution in [1.29, 1.82) is 0 Å². The molecular weight excluding hydrogens is 322 g/mol. The zero-order valence-electron chi connectivity index (χ0n) is 10.6. The van der Waals surface area contributed by atoms with Crippen LogP contribution in [0.2, 0.25) is 5.02 Å². The van der Waals surface area contributed by atoms with Crippen LogP contribution >= 0.6 is 27.5 Å². The zero-order chi connectivity index (χ0) is 13.7. The maximum Gasteiger partial charge on any atom is 0.160 e. The van der Waals surface area contributed by atoms with Gasteiger partial charge in [0.05, 0.1) is 0 Å². The van der Waals surface area contributed by atoms with E-state index in [0.29, 0.717) is 11.5 Å². The number of halogens is 4. The standard InChI is InChI=1S/C14H18BrClF2/c1-3-5-9(6-4-2)14(15)10-7-12(17)13(18)8-11(10)16/h7-9,14H,3-6H2,1-2H3. The topological polar surface area (TPSA) is 0 Å². The SMILES string of the molecule is CCCC(CCC)C(Br)c1cc(F)c(F)cc1Cl. The van der Waals surface area contributed by atoms with Gasteiger partial charge in [0.2, 0.25) is 0 Å². The Morgan fingerprint density at radius 2 is 1.61 bits per heavy atom. The number of hydrogen-bond acceptors (Lipinski definition) is 0. The predicted octanol–water partition coefficient (Wildman–Crippen LogP) is 6.27. The molecule has 0 aliphatic carbocycles. The van der Waals surface area contributed by atoms with E-state index in [2.05, 4.69) is 29.8 Å². The van der Waals surface area contributed by atoms with Crippen molar-refractivity contribution in [1.82, 2.24) is 0 Å². The van der Waals surface area contributed by atoms with Gasteiger partial charge >= 0.3 is 0 Å². The highest BCUT2D eigenvalue weighted by Gasteiger charge is 2.23. The van der Waals surface area contributed by atoms with E-state index >= 15 is 0 Å². The molecule has 0 radical (unpaired) electrons. The molecule has 0 saturated heterocycles. The van der Waals surface area contributed by atoms with Crippen LogP contribution in [0.1, 0.15) is 49.9 Å². The van der Waals surface area contributed by atoms with E-state index in [9.17, 15) is 8.78 Å². The normalized spacial score (nSPS) is 13.1. The summed E-state index contributed by atoms with van der Waals surface area (Å²) in [4.78, 5) is -0.0278. The summed E-state index contributed by atoms with van der Waals surface area (Å²) in [5.41, 5.74) is 0.641. The highest BCUT2D eigenvalue weighted by atomic mass is 79.9. The lowest BCUT2D eigenvalue weighted by molar-refractivity contribution is 0.432. The third-order valence-electron chi connectivity index (χ3n) is 3.07. The first-order valence-electron chi connectivity index (χ1n) is 6.29. The van der Waals surface area contributed by atoms with Crippen LogP contribution in [0, 0.1) is 17.6 Å². The van der Waals surface area contributed by atoms with Crippen molar-refractivity contribution >= 4 is 27.5 Å². The lowest BCUT2D eigenvalue weighted by Gasteiger charge is -2.23. The molecule has 0 aliphatic rings. The minimum Gasteiger partial charge on any atom is -0.204 e. The number of rotatable bonds is 6. The Morgan fingerprint density at radius 3 is 2.11 bits per heavy atom. The molecule has 1 aromatic rings. The van der Waals surface area contributed by atoms with Crippen LogP contribution < -0.4 is 0 Å². The summed E-state index contributed by atoms with van der Waals surface area (Å²) in [6.07, 6.45) is 4.21. The Hall–Kier alpha value is -0.150. The molecule has 1 atom stereocenters. The number of hydrogen-bond donors (Lipinski definition) is 0. The van der Waals surface area contributed by atoms with Gasteiger partial charge in [-0.3, -0.25) is 0 Å². The van der Waals surface area contributed by atoms with E-state index in [1.54, 1.807) is 0 Å². The van der Waals surface area contributed by atoms with E-state index in [-0.39, 0.29) is 9.85 Å². The molecule has 0 N–H and O–H groups in total. The van der Waals surface area contributed by atoms with Crippen molar-refractivity contribution in [2.45, 2.75) is 44.4 Å². The summed E-state index contributed by atoms with van der Waals surface area (Å²) >= 11 is 9.59. The van der Waals surface area contributed by atoms with E-state index in [4.69, 9.17) is 11.6 Å². The first kappa shape index (κ1) is 15.9. The second-order valence-corrected chi connectivity index (χ2v) is 5.92. The van der Waals surface area contributed by atoms with Crippen molar-refractivity contribution in [2.24, 2.45) is 5.92 Å². The molecule has 0 bridgehead atoms. The van der Waals surface area contributed by atoms with Gasteiger partial charge < -0.3 is 0 Å². The lowest BCUT2D eigenvalue weighted by atomic mass is 9.91. The third-order valence-corrected chi connectivity index (χ3v) is 4.64. The van der Waals surface area contributed by atoms with Gasteiger partial charge in [-0.25, -0.2) is 8.78 Å². The Balaban J connectivity index is 3.00. The van der Waals surface area contributed by atoms with Gasteiger partial charge in [-0.05, 0) is 36.5 Å².